The molecule has 1 heterocycles. The summed E-state index contributed by atoms with van der Waals surface area (Å²) in [5, 5.41) is 3.23. The van der Waals surface area contributed by atoms with Gasteiger partial charge in [-0.3, -0.25) is 4.79 Å². The van der Waals surface area contributed by atoms with E-state index < -0.39 is 0 Å². The van der Waals surface area contributed by atoms with Gasteiger partial charge in [0, 0.05) is 5.56 Å². The molecule has 0 saturated heterocycles. The average Bonchev–Trinajstić information content (AvgIpc) is 2.43. The normalized spacial score (nSPS) is 11.6. The highest BCUT2D eigenvalue weighted by molar-refractivity contribution is 6.09. The number of nitrogens with one attached hydrogen (secondary N) is 1. The molecule has 3 rings (SSSR count). The van der Waals surface area contributed by atoms with Crippen molar-refractivity contribution >= 4 is 17.2 Å². The third-order valence-electron chi connectivity index (χ3n) is 2.84. The van der Waals surface area contributed by atoms with Gasteiger partial charge >= 0.3 is 0 Å². The minimum absolute atomic E-state index is 0.123. The summed E-state index contributed by atoms with van der Waals surface area (Å²) in [4.78, 5) is 11.8. The largest absolute Gasteiger partial charge is 0.453 e. The number of ketones is 1. The Kier molecular flexibility index (Phi) is 2.38. The molecule has 2 aromatic carbocycles. The highest BCUT2D eigenvalue weighted by Crippen LogP contribution is 2.43. The standard InChI is InChI=1S/C15H11NO2/c1-2-12(17)10-6-5-9-14-15(10)16-11-7-3-4-8-13(11)18-14/h2-9,16H,1H2. The molecule has 0 aliphatic carbocycles. The number of carbonyl (C=O) groups excluding carboxylic acids is 1. The molecule has 1 aliphatic heterocycles. The first-order valence-electron chi connectivity index (χ1n) is 5.63. The van der Waals surface area contributed by atoms with Crippen molar-refractivity contribution in [3.8, 4) is 11.5 Å². The quantitative estimate of drug-likeness (QED) is 0.542. The Morgan fingerprint density at radius 2 is 1.89 bits per heavy atom. The summed E-state index contributed by atoms with van der Waals surface area (Å²) in [6.45, 7) is 3.51. The van der Waals surface area contributed by atoms with Crippen molar-refractivity contribution in [1.29, 1.82) is 0 Å². The molecule has 1 N–H and O–H groups in total. The van der Waals surface area contributed by atoms with Gasteiger partial charge in [-0.2, -0.15) is 0 Å². The van der Waals surface area contributed by atoms with Crippen LogP contribution in [0.15, 0.2) is 55.1 Å². The van der Waals surface area contributed by atoms with E-state index in [0.717, 1.165) is 11.4 Å². The molecule has 3 heteroatoms. The van der Waals surface area contributed by atoms with E-state index in [9.17, 15) is 4.79 Å². The zero-order valence-electron chi connectivity index (χ0n) is 9.64. The van der Waals surface area contributed by atoms with Crippen molar-refractivity contribution in [2.45, 2.75) is 0 Å². The van der Waals surface area contributed by atoms with Gasteiger partial charge < -0.3 is 10.1 Å². The van der Waals surface area contributed by atoms with Gasteiger partial charge in [0.25, 0.3) is 0 Å². The molecular formula is C15H11NO2. The van der Waals surface area contributed by atoms with Crippen LogP contribution < -0.4 is 10.1 Å². The molecule has 1 aliphatic rings. The second kappa shape index (κ2) is 4.04. The van der Waals surface area contributed by atoms with Crippen LogP contribution in [-0.4, -0.2) is 5.78 Å². The van der Waals surface area contributed by atoms with Crippen molar-refractivity contribution in [3.05, 3.63) is 60.7 Å². The van der Waals surface area contributed by atoms with E-state index in [-0.39, 0.29) is 5.78 Å². The topological polar surface area (TPSA) is 38.3 Å². The van der Waals surface area contributed by atoms with Crippen molar-refractivity contribution in [1.82, 2.24) is 0 Å². The number of para-hydroxylation sites is 3. The van der Waals surface area contributed by atoms with Gasteiger partial charge in [-0.15, -0.1) is 0 Å². The number of hydrogen-bond donors (Lipinski definition) is 1. The average molecular weight is 237 g/mol. The van der Waals surface area contributed by atoms with Gasteiger partial charge in [-0.25, -0.2) is 0 Å². The number of allylic oxidation sites excluding steroid dienone is 1. The number of benzene rings is 2. The lowest BCUT2D eigenvalue weighted by atomic mass is 10.1. The van der Waals surface area contributed by atoms with Crippen LogP contribution in [-0.2, 0) is 0 Å². The molecule has 0 amide bonds. The van der Waals surface area contributed by atoms with Gasteiger partial charge in [0.05, 0.1) is 11.4 Å². The van der Waals surface area contributed by atoms with Gasteiger partial charge in [-0.05, 0) is 30.3 Å². The summed E-state index contributed by atoms with van der Waals surface area (Å²) in [6, 6.07) is 13.0. The molecule has 3 nitrogen and oxygen atoms in total. The molecule has 0 saturated carbocycles. The predicted molar refractivity (Wildman–Crippen MR) is 70.8 cm³/mol. The highest BCUT2D eigenvalue weighted by Gasteiger charge is 2.20. The van der Waals surface area contributed by atoms with Crippen molar-refractivity contribution in [3.63, 3.8) is 0 Å². The molecular weight excluding hydrogens is 226 g/mol. The minimum Gasteiger partial charge on any atom is -0.453 e. The summed E-state index contributed by atoms with van der Waals surface area (Å²) in [7, 11) is 0. The van der Waals surface area contributed by atoms with Crippen LogP contribution >= 0.6 is 0 Å². The summed E-state index contributed by atoms with van der Waals surface area (Å²) in [5.74, 6) is 1.29. The molecule has 18 heavy (non-hydrogen) atoms. The monoisotopic (exact) mass is 237 g/mol. The van der Waals surface area contributed by atoms with Crippen LogP contribution in [0.4, 0.5) is 11.4 Å². The Balaban J connectivity index is 2.13. The van der Waals surface area contributed by atoms with E-state index in [1.807, 2.05) is 30.3 Å². The fourth-order valence-corrected chi connectivity index (χ4v) is 1.97. The fraction of sp³-hybridized carbons (Fsp3) is 0. The van der Waals surface area contributed by atoms with E-state index in [1.165, 1.54) is 6.08 Å². The SMILES string of the molecule is C=CC(=O)c1cccc2c1Nc1ccccc1O2. The minimum atomic E-state index is -0.123. The number of anilines is 2. The maximum absolute atomic E-state index is 11.8. The van der Waals surface area contributed by atoms with E-state index in [0.29, 0.717) is 17.0 Å². The molecule has 0 spiro atoms. The van der Waals surface area contributed by atoms with Crippen molar-refractivity contribution < 1.29 is 9.53 Å². The van der Waals surface area contributed by atoms with E-state index >= 15 is 0 Å². The van der Waals surface area contributed by atoms with Gasteiger partial charge in [0.2, 0.25) is 0 Å². The summed E-state index contributed by atoms with van der Waals surface area (Å²) < 4.78 is 5.76. The van der Waals surface area contributed by atoms with Crippen LogP contribution in [0, 0.1) is 0 Å². The highest BCUT2D eigenvalue weighted by atomic mass is 16.5. The van der Waals surface area contributed by atoms with Crippen LogP contribution in [0.3, 0.4) is 0 Å². The molecule has 0 aromatic heterocycles. The van der Waals surface area contributed by atoms with Crippen LogP contribution in [0.5, 0.6) is 11.5 Å². The summed E-state index contributed by atoms with van der Waals surface area (Å²) in [6.07, 6.45) is 1.30. The van der Waals surface area contributed by atoms with E-state index in [4.69, 9.17) is 4.74 Å². The van der Waals surface area contributed by atoms with E-state index in [1.54, 1.807) is 12.1 Å². The molecule has 0 radical (unpaired) electrons. The van der Waals surface area contributed by atoms with Crippen LogP contribution in [0.1, 0.15) is 10.4 Å². The second-order valence-electron chi connectivity index (χ2n) is 3.97. The molecule has 0 fully saturated rings. The fourth-order valence-electron chi connectivity index (χ4n) is 1.97. The summed E-state index contributed by atoms with van der Waals surface area (Å²) in [5.41, 5.74) is 2.12. The zero-order valence-corrected chi connectivity index (χ0v) is 9.64. The maximum Gasteiger partial charge on any atom is 0.187 e. The maximum atomic E-state index is 11.8. The molecule has 0 atom stereocenters. The number of hydrogen-bond acceptors (Lipinski definition) is 3. The van der Waals surface area contributed by atoms with Gasteiger partial charge in [0.1, 0.15) is 0 Å². The first kappa shape index (κ1) is 10.6. The molecule has 88 valence electrons. The van der Waals surface area contributed by atoms with Crippen molar-refractivity contribution in [2.75, 3.05) is 5.32 Å². The number of fused-ring (bicyclic) bond motifs is 2. The number of ether oxygens (including phenoxy) is 1. The van der Waals surface area contributed by atoms with Crippen LogP contribution in [0.25, 0.3) is 0 Å². The molecule has 0 unspecified atom stereocenters. The Hall–Kier alpha value is -2.55. The lowest BCUT2D eigenvalue weighted by Crippen LogP contribution is -2.07. The van der Waals surface area contributed by atoms with Gasteiger partial charge in [-0.1, -0.05) is 24.8 Å². The second-order valence-corrected chi connectivity index (χ2v) is 3.97. The van der Waals surface area contributed by atoms with Crippen molar-refractivity contribution in [2.24, 2.45) is 0 Å². The Labute approximate surface area is 105 Å². The Morgan fingerprint density at radius 3 is 2.72 bits per heavy atom. The lowest BCUT2D eigenvalue weighted by Gasteiger charge is -2.23. The number of carbonyl (C=O) groups is 1. The Bertz CT molecular complexity index is 647. The molecule has 0 bridgehead atoms. The van der Waals surface area contributed by atoms with Gasteiger partial charge in [0.15, 0.2) is 17.3 Å². The lowest BCUT2D eigenvalue weighted by molar-refractivity contribution is 0.104. The van der Waals surface area contributed by atoms with E-state index in [2.05, 4.69) is 11.9 Å². The first-order chi connectivity index (χ1) is 8.79. The van der Waals surface area contributed by atoms with Crippen LogP contribution in [0.2, 0.25) is 0 Å². The summed E-state index contributed by atoms with van der Waals surface area (Å²) >= 11 is 0. The zero-order chi connectivity index (χ0) is 12.5. The number of rotatable bonds is 2. The third-order valence-corrected chi connectivity index (χ3v) is 2.84. The predicted octanol–water partition coefficient (Wildman–Crippen LogP) is 3.90. The smallest absolute Gasteiger partial charge is 0.187 e. The first-order valence-corrected chi connectivity index (χ1v) is 5.63. The Morgan fingerprint density at radius 1 is 1.11 bits per heavy atom. The third kappa shape index (κ3) is 1.57. The molecule has 2 aromatic rings.